The van der Waals surface area contributed by atoms with E-state index in [-0.39, 0.29) is 12.5 Å². The average Bonchev–Trinajstić information content (AvgIpc) is 2.59. The van der Waals surface area contributed by atoms with Crippen LogP contribution in [0.4, 0.5) is 0 Å². The van der Waals surface area contributed by atoms with Gasteiger partial charge in [0, 0.05) is 20.1 Å². The third-order valence-corrected chi connectivity index (χ3v) is 4.04. The van der Waals surface area contributed by atoms with E-state index >= 15 is 0 Å². The van der Waals surface area contributed by atoms with Crippen LogP contribution in [0.5, 0.6) is 0 Å². The minimum Gasteiger partial charge on any atom is -0.396 e. The van der Waals surface area contributed by atoms with Gasteiger partial charge in [0.05, 0.1) is 6.61 Å². The molecule has 1 rings (SSSR count). The SMILES string of the molecule is CC(=O)NC1C(OCCCCCNCCCO)OC(CO)C(O)C1O. The third kappa shape index (κ3) is 7.95. The van der Waals surface area contributed by atoms with Crippen molar-refractivity contribution in [3.05, 3.63) is 0 Å². The zero-order valence-corrected chi connectivity index (χ0v) is 14.8. The summed E-state index contributed by atoms with van der Waals surface area (Å²) in [5.41, 5.74) is 0. The maximum atomic E-state index is 11.3. The molecule has 1 heterocycles. The number of unbranched alkanes of at least 4 members (excludes halogenated alkanes) is 2. The fourth-order valence-electron chi connectivity index (χ4n) is 2.67. The lowest BCUT2D eigenvalue weighted by molar-refractivity contribution is -0.270. The summed E-state index contributed by atoms with van der Waals surface area (Å²) in [5.74, 6) is -0.371. The summed E-state index contributed by atoms with van der Waals surface area (Å²) in [6.07, 6.45) is -1.05. The predicted octanol–water partition coefficient (Wildman–Crippen LogP) is -1.91. The number of hydrogen-bond acceptors (Lipinski definition) is 8. The molecule has 1 saturated heterocycles. The first-order valence-electron chi connectivity index (χ1n) is 8.84. The van der Waals surface area contributed by atoms with Gasteiger partial charge in [-0.05, 0) is 38.8 Å². The molecule has 6 N–H and O–H groups in total. The Kier molecular flexibility index (Phi) is 11.1. The van der Waals surface area contributed by atoms with Crippen molar-refractivity contribution in [3.63, 3.8) is 0 Å². The number of amides is 1. The van der Waals surface area contributed by atoms with Gasteiger partial charge in [0.1, 0.15) is 24.4 Å². The van der Waals surface area contributed by atoms with E-state index in [1.807, 2.05) is 0 Å². The van der Waals surface area contributed by atoms with Crippen molar-refractivity contribution in [2.24, 2.45) is 0 Å². The zero-order chi connectivity index (χ0) is 18.7. The number of rotatable bonds is 12. The molecule has 0 radical (unpaired) electrons. The van der Waals surface area contributed by atoms with Gasteiger partial charge in [-0.15, -0.1) is 0 Å². The van der Waals surface area contributed by atoms with Crippen molar-refractivity contribution in [2.75, 3.05) is 32.9 Å². The lowest BCUT2D eigenvalue weighted by atomic mass is 9.97. The van der Waals surface area contributed by atoms with E-state index in [4.69, 9.17) is 14.6 Å². The molecule has 1 fully saturated rings. The average molecular weight is 364 g/mol. The van der Waals surface area contributed by atoms with E-state index in [0.29, 0.717) is 6.61 Å². The van der Waals surface area contributed by atoms with E-state index < -0.39 is 37.3 Å². The maximum Gasteiger partial charge on any atom is 0.217 e. The molecular weight excluding hydrogens is 332 g/mol. The summed E-state index contributed by atoms with van der Waals surface area (Å²) in [6.45, 7) is 3.07. The Morgan fingerprint density at radius 1 is 1.08 bits per heavy atom. The molecule has 9 nitrogen and oxygen atoms in total. The van der Waals surface area contributed by atoms with Crippen LogP contribution in [0.1, 0.15) is 32.6 Å². The smallest absolute Gasteiger partial charge is 0.217 e. The molecule has 0 aromatic heterocycles. The van der Waals surface area contributed by atoms with E-state index in [9.17, 15) is 20.1 Å². The lowest BCUT2D eigenvalue weighted by Crippen LogP contribution is -2.64. The van der Waals surface area contributed by atoms with Crippen molar-refractivity contribution in [1.29, 1.82) is 0 Å². The minimum atomic E-state index is -1.30. The molecule has 0 aromatic carbocycles. The molecule has 1 aliphatic heterocycles. The van der Waals surface area contributed by atoms with Gasteiger partial charge in [-0.3, -0.25) is 4.79 Å². The van der Waals surface area contributed by atoms with Crippen molar-refractivity contribution in [3.8, 4) is 0 Å². The van der Waals surface area contributed by atoms with Gasteiger partial charge in [-0.1, -0.05) is 0 Å². The first-order chi connectivity index (χ1) is 12.0. The number of hydrogen-bond donors (Lipinski definition) is 6. The molecule has 9 heteroatoms. The highest BCUT2D eigenvalue weighted by atomic mass is 16.7. The van der Waals surface area contributed by atoms with Crippen molar-refractivity contribution < 1.29 is 34.7 Å². The zero-order valence-electron chi connectivity index (χ0n) is 14.8. The van der Waals surface area contributed by atoms with Crippen molar-refractivity contribution >= 4 is 5.91 Å². The number of carbonyl (C=O) groups is 1. The monoisotopic (exact) mass is 364 g/mol. The number of ether oxygens (including phenoxy) is 2. The number of carbonyl (C=O) groups excluding carboxylic acids is 1. The fourth-order valence-corrected chi connectivity index (χ4v) is 2.67. The summed E-state index contributed by atoms with van der Waals surface area (Å²) >= 11 is 0. The Bertz CT molecular complexity index is 372. The van der Waals surface area contributed by atoms with Crippen LogP contribution >= 0.6 is 0 Å². The van der Waals surface area contributed by atoms with Crippen molar-refractivity contribution in [2.45, 2.75) is 63.3 Å². The summed E-state index contributed by atoms with van der Waals surface area (Å²) in [4.78, 5) is 11.3. The fraction of sp³-hybridized carbons (Fsp3) is 0.938. The molecule has 0 spiro atoms. The van der Waals surface area contributed by atoms with Gasteiger partial charge < -0.3 is 40.5 Å². The molecule has 148 valence electrons. The second-order valence-corrected chi connectivity index (χ2v) is 6.19. The molecule has 5 atom stereocenters. The summed E-state index contributed by atoms with van der Waals surface area (Å²) < 4.78 is 11.1. The Hall–Kier alpha value is -0.810. The Labute approximate surface area is 148 Å². The van der Waals surface area contributed by atoms with Gasteiger partial charge in [0.2, 0.25) is 5.91 Å². The molecule has 1 aliphatic rings. The molecule has 5 unspecified atom stereocenters. The van der Waals surface area contributed by atoms with Crippen LogP contribution in [0.15, 0.2) is 0 Å². The highest BCUT2D eigenvalue weighted by Crippen LogP contribution is 2.22. The largest absolute Gasteiger partial charge is 0.396 e. The van der Waals surface area contributed by atoms with Crippen LogP contribution in [-0.4, -0.2) is 89.9 Å². The van der Waals surface area contributed by atoms with Crippen LogP contribution in [0, 0.1) is 0 Å². The van der Waals surface area contributed by atoms with Crippen LogP contribution in [0.3, 0.4) is 0 Å². The second-order valence-electron chi connectivity index (χ2n) is 6.19. The summed E-state index contributed by atoms with van der Waals surface area (Å²) in [5, 5.41) is 43.7. The van der Waals surface area contributed by atoms with E-state index in [2.05, 4.69) is 10.6 Å². The van der Waals surface area contributed by atoms with Gasteiger partial charge in [-0.2, -0.15) is 0 Å². The standard InChI is InChI=1S/C16H32N2O7/c1-11(21)18-13-15(23)14(22)12(10-20)25-16(13)24-9-4-2-3-6-17-7-5-8-19/h12-17,19-20,22-23H,2-10H2,1H3,(H,18,21). The topological polar surface area (TPSA) is 141 Å². The second kappa shape index (κ2) is 12.5. The molecule has 1 amide bonds. The molecule has 0 bridgehead atoms. The van der Waals surface area contributed by atoms with Gasteiger partial charge in [0.15, 0.2) is 6.29 Å². The van der Waals surface area contributed by atoms with E-state index in [1.165, 1.54) is 6.92 Å². The number of aliphatic hydroxyl groups is 4. The predicted molar refractivity (Wildman–Crippen MR) is 89.7 cm³/mol. The minimum absolute atomic E-state index is 0.188. The van der Waals surface area contributed by atoms with Crippen molar-refractivity contribution in [1.82, 2.24) is 10.6 Å². The molecule has 0 saturated carbocycles. The van der Waals surface area contributed by atoms with Crippen LogP contribution < -0.4 is 10.6 Å². The maximum absolute atomic E-state index is 11.3. The molecular formula is C16H32N2O7. The highest BCUT2D eigenvalue weighted by molar-refractivity contribution is 5.73. The van der Waals surface area contributed by atoms with Gasteiger partial charge in [-0.25, -0.2) is 0 Å². The quantitative estimate of drug-likeness (QED) is 0.220. The highest BCUT2D eigenvalue weighted by Gasteiger charge is 2.45. The molecule has 0 aromatic rings. The lowest BCUT2D eigenvalue weighted by Gasteiger charge is -2.42. The normalized spacial score (nSPS) is 29.6. The third-order valence-electron chi connectivity index (χ3n) is 4.04. The summed E-state index contributed by atoms with van der Waals surface area (Å²) in [7, 11) is 0. The van der Waals surface area contributed by atoms with Crippen LogP contribution in [-0.2, 0) is 14.3 Å². The van der Waals surface area contributed by atoms with Gasteiger partial charge in [0.25, 0.3) is 0 Å². The Balaban J connectivity index is 2.33. The van der Waals surface area contributed by atoms with Gasteiger partial charge >= 0.3 is 0 Å². The Morgan fingerprint density at radius 2 is 1.80 bits per heavy atom. The van der Waals surface area contributed by atoms with E-state index in [0.717, 1.165) is 38.8 Å². The first-order valence-corrected chi connectivity index (χ1v) is 8.84. The van der Waals surface area contributed by atoms with Crippen LogP contribution in [0.2, 0.25) is 0 Å². The number of nitrogens with one attached hydrogen (secondary N) is 2. The first kappa shape index (κ1) is 22.2. The summed E-state index contributed by atoms with van der Waals surface area (Å²) in [6, 6.07) is -0.893. The molecule has 0 aliphatic carbocycles. The van der Waals surface area contributed by atoms with E-state index in [1.54, 1.807) is 0 Å². The van der Waals surface area contributed by atoms with Crippen LogP contribution in [0.25, 0.3) is 0 Å². The Morgan fingerprint density at radius 3 is 2.44 bits per heavy atom. The number of aliphatic hydroxyl groups excluding tert-OH is 4. The molecule has 25 heavy (non-hydrogen) atoms.